The van der Waals surface area contributed by atoms with Crippen molar-refractivity contribution in [1.82, 2.24) is 10.6 Å². The summed E-state index contributed by atoms with van der Waals surface area (Å²) in [6.45, 7) is 3.10. The van der Waals surface area contributed by atoms with Gasteiger partial charge in [-0.25, -0.2) is 0 Å². The Morgan fingerprint density at radius 2 is 1.79 bits per heavy atom. The third-order valence-electron chi connectivity index (χ3n) is 4.48. The van der Waals surface area contributed by atoms with E-state index in [0.717, 1.165) is 24.0 Å². The molecule has 0 aromatic heterocycles. The van der Waals surface area contributed by atoms with Crippen LogP contribution >= 0.6 is 11.6 Å². The number of carbonyl (C=O) groups is 2. The van der Waals surface area contributed by atoms with Crippen LogP contribution in [0.2, 0.25) is 5.02 Å². The second kappa shape index (κ2) is 12.2. The number of hydrogen-bond donors (Lipinski definition) is 4. The fourth-order valence-corrected chi connectivity index (χ4v) is 3.03. The van der Waals surface area contributed by atoms with E-state index >= 15 is 0 Å². The zero-order valence-corrected chi connectivity index (χ0v) is 17.5. The summed E-state index contributed by atoms with van der Waals surface area (Å²) in [5.41, 5.74) is 8.29. The van der Waals surface area contributed by atoms with E-state index in [9.17, 15) is 9.59 Å². The zero-order valence-electron chi connectivity index (χ0n) is 16.7. The maximum atomic E-state index is 12.7. The Kier molecular flexibility index (Phi) is 9.64. The summed E-state index contributed by atoms with van der Waals surface area (Å²) in [5, 5.41) is 9.40. The molecule has 2 aromatic rings. The number of unbranched alkanes of at least 4 members (excludes halogenated alkanes) is 1. The molecule has 0 unspecified atom stereocenters. The molecule has 0 fully saturated rings. The van der Waals surface area contributed by atoms with Gasteiger partial charge >= 0.3 is 0 Å². The quantitative estimate of drug-likeness (QED) is 0.423. The summed E-state index contributed by atoms with van der Waals surface area (Å²) in [6.07, 6.45) is 2.09. The topological polar surface area (TPSA) is 96.2 Å². The second-order valence-electron chi connectivity index (χ2n) is 6.95. The van der Waals surface area contributed by atoms with Crippen molar-refractivity contribution in [3.63, 3.8) is 0 Å². The van der Waals surface area contributed by atoms with Gasteiger partial charge in [0.05, 0.1) is 6.54 Å². The van der Waals surface area contributed by atoms with Crippen LogP contribution in [0.4, 0.5) is 5.69 Å². The summed E-state index contributed by atoms with van der Waals surface area (Å²) in [5.74, 6) is -0.473. The smallest absolute Gasteiger partial charge is 0.246 e. The van der Waals surface area contributed by atoms with Crippen molar-refractivity contribution in [3.8, 4) is 0 Å². The summed E-state index contributed by atoms with van der Waals surface area (Å²) in [6, 6.07) is 14.4. The van der Waals surface area contributed by atoms with Crippen LogP contribution in [0.1, 0.15) is 30.4 Å². The first kappa shape index (κ1) is 22.9. The van der Waals surface area contributed by atoms with Crippen molar-refractivity contribution >= 4 is 29.1 Å². The molecule has 0 bridgehead atoms. The maximum absolute atomic E-state index is 12.7. The molecule has 2 rings (SSSR count). The summed E-state index contributed by atoms with van der Waals surface area (Å²) < 4.78 is 0. The number of amides is 2. The van der Waals surface area contributed by atoms with Gasteiger partial charge in [-0.1, -0.05) is 47.5 Å². The molecule has 6 nitrogen and oxygen atoms in total. The Hall–Kier alpha value is -2.41. The molecule has 0 aliphatic carbocycles. The maximum Gasteiger partial charge on any atom is 0.246 e. The predicted molar refractivity (Wildman–Crippen MR) is 118 cm³/mol. The average molecular weight is 417 g/mol. The molecule has 156 valence electrons. The normalized spacial score (nSPS) is 11.7. The predicted octanol–water partition coefficient (Wildman–Crippen LogP) is 2.99. The minimum Gasteiger partial charge on any atom is -0.343 e. The lowest BCUT2D eigenvalue weighted by molar-refractivity contribution is -0.126. The number of nitrogens with one attached hydrogen (secondary N) is 3. The summed E-state index contributed by atoms with van der Waals surface area (Å²) >= 11 is 6.12. The fraction of sp³-hybridized carbons (Fsp3) is 0.364. The molecule has 0 saturated heterocycles. The molecule has 0 spiro atoms. The molecular formula is C22H29ClN4O2. The van der Waals surface area contributed by atoms with Gasteiger partial charge in [0.2, 0.25) is 11.8 Å². The van der Waals surface area contributed by atoms with Crippen molar-refractivity contribution in [2.45, 2.75) is 38.8 Å². The average Bonchev–Trinajstić information content (AvgIpc) is 2.70. The van der Waals surface area contributed by atoms with Gasteiger partial charge in [0.15, 0.2) is 0 Å². The number of halogens is 1. The Morgan fingerprint density at radius 1 is 1.07 bits per heavy atom. The first-order valence-electron chi connectivity index (χ1n) is 9.80. The molecule has 2 amide bonds. The van der Waals surface area contributed by atoms with Gasteiger partial charge in [-0.3, -0.25) is 9.59 Å². The molecule has 5 N–H and O–H groups in total. The molecule has 0 saturated carbocycles. The number of nitrogens with two attached hydrogens (primary N) is 1. The SMILES string of the molecule is Cc1ccc(NC(=O)[C@H](CCCCN)NC(=O)CNCc2ccccc2Cl)cc1. The third kappa shape index (κ3) is 8.23. The Bertz CT molecular complexity index is 796. The lowest BCUT2D eigenvalue weighted by Crippen LogP contribution is -2.46. The van der Waals surface area contributed by atoms with E-state index in [1.807, 2.05) is 55.5 Å². The monoisotopic (exact) mass is 416 g/mol. The lowest BCUT2D eigenvalue weighted by atomic mass is 10.1. The summed E-state index contributed by atoms with van der Waals surface area (Å²) in [7, 11) is 0. The van der Waals surface area contributed by atoms with Crippen LogP contribution in [-0.4, -0.2) is 30.9 Å². The fourth-order valence-electron chi connectivity index (χ4n) is 2.83. The number of benzene rings is 2. The highest BCUT2D eigenvalue weighted by Crippen LogP contribution is 2.14. The molecule has 2 aromatic carbocycles. The van der Waals surface area contributed by atoms with Crippen LogP contribution in [0.15, 0.2) is 48.5 Å². The van der Waals surface area contributed by atoms with Crippen LogP contribution in [0.25, 0.3) is 0 Å². The Morgan fingerprint density at radius 3 is 2.48 bits per heavy atom. The number of hydrogen-bond acceptors (Lipinski definition) is 4. The number of rotatable bonds is 11. The van der Waals surface area contributed by atoms with E-state index in [1.165, 1.54) is 0 Å². The van der Waals surface area contributed by atoms with Crippen LogP contribution < -0.4 is 21.7 Å². The Labute approximate surface area is 177 Å². The molecule has 1 atom stereocenters. The van der Waals surface area contributed by atoms with Gasteiger partial charge in [-0.2, -0.15) is 0 Å². The van der Waals surface area contributed by atoms with E-state index in [4.69, 9.17) is 17.3 Å². The number of anilines is 1. The van der Waals surface area contributed by atoms with Crippen molar-refractivity contribution < 1.29 is 9.59 Å². The van der Waals surface area contributed by atoms with E-state index in [1.54, 1.807) is 0 Å². The first-order valence-corrected chi connectivity index (χ1v) is 10.2. The van der Waals surface area contributed by atoms with Gasteiger partial charge < -0.3 is 21.7 Å². The van der Waals surface area contributed by atoms with Gasteiger partial charge in [0, 0.05) is 17.3 Å². The van der Waals surface area contributed by atoms with Crippen LogP contribution in [0, 0.1) is 6.92 Å². The van der Waals surface area contributed by atoms with Crippen molar-refractivity contribution in [2.75, 3.05) is 18.4 Å². The minimum absolute atomic E-state index is 0.0937. The van der Waals surface area contributed by atoms with E-state index in [2.05, 4.69) is 16.0 Å². The van der Waals surface area contributed by atoms with Gasteiger partial charge in [0.25, 0.3) is 0 Å². The molecule has 0 radical (unpaired) electrons. The molecule has 0 aliphatic rings. The van der Waals surface area contributed by atoms with Crippen molar-refractivity contribution in [1.29, 1.82) is 0 Å². The standard InChI is InChI=1S/C22H29ClN4O2/c1-16-9-11-18(12-10-16)26-22(29)20(8-4-5-13-24)27-21(28)15-25-14-17-6-2-3-7-19(17)23/h2-3,6-7,9-12,20,25H,4-5,8,13-15,24H2,1H3,(H,26,29)(H,27,28)/t20-/m0/s1. The van der Waals surface area contributed by atoms with E-state index in [0.29, 0.717) is 30.2 Å². The van der Waals surface area contributed by atoms with Gasteiger partial charge in [0.1, 0.15) is 6.04 Å². The van der Waals surface area contributed by atoms with Crippen LogP contribution in [0.3, 0.4) is 0 Å². The minimum atomic E-state index is -0.613. The molecule has 0 heterocycles. The molecule has 0 aliphatic heterocycles. The second-order valence-corrected chi connectivity index (χ2v) is 7.36. The Balaban J connectivity index is 1.88. The zero-order chi connectivity index (χ0) is 21.1. The third-order valence-corrected chi connectivity index (χ3v) is 4.85. The molecule has 7 heteroatoms. The summed E-state index contributed by atoms with van der Waals surface area (Å²) in [4.78, 5) is 25.0. The number of aryl methyl sites for hydroxylation is 1. The highest BCUT2D eigenvalue weighted by atomic mass is 35.5. The van der Waals surface area contributed by atoms with Gasteiger partial charge in [-0.05, 0) is 56.5 Å². The highest BCUT2D eigenvalue weighted by molar-refractivity contribution is 6.31. The van der Waals surface area contributed by atoms with Gasteiger partial charge in [-0.15, -0.1) is 0 Å². The van der Waals surface area contributed by atoms with E-state index < -0.39 is 6.04 Å². The molecule has 29 heavy (non-hydrogen) atoms. The van der Waals surface area contributed by atoms with Crippen LogP contribution in [0.5, 0.6) is 0 Å². The highest BCUT2D eigenvalue weighted by Gasteiger charge is 2.20. The molecular weight excluding hydrogens is 388 g/mol. The van der Waals surface area contributed by atoms with E-state index in [-0.39, 0.29) is 18.4 Å². The first-order chi connectivity index (χ1) is 14.0. The lowest BCUT2D eigenvalue weighted by Gasteiger charge is -2.19. The van der Waals surface area contributed by atoms with Crippen molar-refractivity contribution in [2.24, 2.45) is 5.73 Å². The largest absolute Gasteiger partial charge is 0.343 e. The van der Waals surface area contributed by atoms with Crippen molar-refractivity contribution in [3.05, 3.63) is 64.7 Å². The number of carbonyl (C=O) groups excluding carboxylic acids is 2. The van der Waals surface area contributed by atoms with Crippen LogP contribution in [-0.2, 0) is 16.1 Å².